The van der Waals surface area contributed by atoms with Gasteiger partial charge in [0.2, 0.25) is 5.95 Å². The maximum atomic E-state index is 5.30. The quantitative estimate of drug-likeness (QED) is 0.197. The predicted molar refractivity (Wildman–Crippen MR) is 195 cm³/mol. The van der Waals surface area contributed by atoms with E-state index >= 15 is 0 Å². The van der Waals surface area contributed by atoms with Crippen LogP contribution in [0.15, 0.2) is 133 Å². The van der Waals surface area contributed by atoms with E-state index in [-0.39, 0.29) is 5.41 Å². The summed E-state index contributed by atoms with van der Waals surface area (Å²) in [5, 5.41) is 4.93. The molecule has 0 aliphatic heterocycles. The van der Waals surface area contributed by atoms with E-state index in [4.69, 9.17) is 15.0 Å². The Morgan fingerprint density at radius 3 is 2.09 bits per heavy atom. The average molecular weight is 621 g/mol. The van der Waals surface area contributed by atoms with E-state index in [0.717, 1.165) is 22.2 Å². The fourth-order valence-electron chi connectivity index (χ4n) is 7.70. The number of thiophene rings is 1. The van der Waals surface area contributed by atoms with Gasteiger partial charge in [-0.25, -0.2) is 4.98 Å². The predicted octanol–water partition coefficient (Wildman–Crippen LogP) is 11.0. The van der Waals surface area contributed by atoms with Gasteiger partial charge in [0.1, 0.15) is 0 Å². The highest BCUT2D eigenvalue weighted by Crippen LogP contribution is 2.52. The first kappa shape index (κ1) is 26.6. The van der Waals surface area contributed by atoms with Crippen LogP contribution in [0.3, 0.4) is 0 Å². The lowest BCUT2D eigenvalue weighted by atomic mass is 9.81. The van der Waals surface area contributed by atoms with Crippen LogP contribution in [0.2, 0.25) is 0 Å². The lowest BCUT2D eigenvalue weighted by Gasteiger charge is -2.23. The Morgan fingerprint density at radius 1 is 0.532 bits per heavy atom. The first-order chi connectivity index (χ1) is 23.1. The van der Waals surface area contributed by atoms with Crippen LogP contribution in [0, 0.1) is 0 Å². The molecule has 0 amide bonds. The fraction of sp³-hybridized carbons (Fsp3) is 0.0714. The molecular weight excluding hydrogens is 593 g/mol. The number of aromatic nitrogens is 4. The third-order valence-corrected chi connectivity index (χ3v) is 11.0. The van der Waals surface area contributed by atoms with Gasteiger partial charge in [0, 0.05) is 47.5 Å². The van der Waals surface area contributed by atoms with Crippen molar-refractivity contribution < 1.29 is 0 Å². The Morgan fingerprint density at radius 2 is 1.21 bits per heavy atom. The number of benzene rings is 6. The van der Waals surface area contributed by atoms with Crippen LogP contribution in [0.25, 0.3) is 81.8 Å². The van der Waals surface area contributed by atoms with E-state index in [1.54, 1.807) is 0 Å². The van der Waals surface area contributed by atoms with Gasteiger partial charge in [-0.05, 0) is 40.5 Å². The monoisotopic (exact) mass is 620 g/mol. The number of rotatable bonds is 3. The van der Waals surface area contributed by atoms with Crippen LogP contribution >= 0.6 is 11.3 Å². The minimum absolute atomic E-state index is 0.206. The molecule has 6 aromatic carbocycles. The van der Waals surface area contributed by atoms with Crippen LogP contribution in [0.1, 0.15) is 25.0 Å². The summed E-state index contributed by atoms with van der Waals surface area (Å²) in [5.74, 6) is 1.94. The van der Waals surface area contributed by atoms with E-state index in [1.165, 1.54) is 53.2 Å². The molecule has 0 saturated heterocycles. The molecule has 5 heteroatoms. The summed E-state index contributed by atoms with van der Waals surface area (Å²) in [5.41, 5.74) is 9.18. The van der Waals surface area contributed by atoms with Crippen LogP contribution in [0.4, 0.5) is 0 Å². The third-order valence-electron chi connectivity index (χ3n) is 9.84. The van der Waals surface area contributed by atoms with Gasteiger partial charge in [-0.3, -0.25) is 4.57 Å². The molecule has 3 aromatic heterocycles. The molecule has 0 spiro atoms. The SMILES string of the molecule is CC1(C)c2ccccc2-c2ccc3c4ccccc4n(-c4nc(-c5ccccc5)nc(-c5ccc6c(c5)sc5ccccc56)n4)c3c21. The Kier molecular flexibility index (Phi) is 5.47. The van der Waals surface area contributed by atoms with Crippen molar-refractivity contribution in [3.05, 3.63) is 145 Å². The molecule has 0 N–H and O–H groups in total. The summed E-state index contributed by atoms with van der Waals surface area (Å²) in [6.07, 6.45) is 0. The van der Waals surface area contributed by atoms with Gasteiger partial charge >= 0.3 is 0 Å². The number of hydrogen-bond donors (Lipinski definition) is 0. The molecule has 0 bridgehead atoms. The van der Waals surface area contributed by atoms with Gasteiger partial charge in [0.25, 0.3) is 0 Å². The lowest BCUT2D eigenvalue weighted by molar-refractivity contribution is 0.663. The van der Waals surface area contributed by atoms with Gasteiger partial charge in [-0.1, -0.05) is 129 Å². The van der Waals surface area contributed by atoms with E-state index in [0.29, 0.717) is 17.6 Å². The number of nitrogens with zero attached hydrogens (tertiary/aromatic N) is 4. The Balaban J connectivity index is 1.29. The maximum Gasteiger partial charge on any atom is 0.238 e. The molecule has 222 valence electrons. The zero-order valence-electron chi connectivity index (χ0n) is 25.9. The molecule has 1 aliphatic rings. The Labute approximate surface area is 275 Å². The van der Waals surface area contributed by atoms with Gasteiger partial charge in [0.05, 0.1) is 11.0 Å². The molecule has 0 atom stereocenters. The molecule has 4 nitrogen and oxygen atoms in total. The molecular formula is C42H28N4S. The molecule has 0 unspecified atom stereocenters. The summed E-state index contributed by atoms with van der Waals surface area (Å²) in [6, 6.07) is 47.4. The number of fused-ring (bicyclic) bond motifs is 10. The zero-order chi connectivity index (χ0) is 31.3. The molecule has 0 saturated carbocycles. The van der Waals surface area contributed by atoms with Crippen LogP contribution in [-0.2, 0) is 5.41 Å². The zero-order valence-corrected chi connectivity index (χ0v) is 26.7. The van der Waals surface area contributed by atoms with Gasteiger partial charge in [0.15, 0.2) is 11.6 Å². The minimum Gasteiger partial charge on any atom is -0.277 e. The topological polar surface area (TPSA) is 43.6 Å². The number of hydrogen-bond acceptors (Lipinski definition) is 4. The Hall–Kier alpha value is -5.65. The highest BCUT2D eigenvalue weighted by atomic mass is 32.1. The molecule has 9 aromatic rings. The smallest absolute Gasteiger partial charge is 0.238 e. The van der Waals surface area contributed by atoms with E-state index in [1.807, 2.05) is 29.5 Å². The summed E-state index contributed by atoms with van der Waals surface area (Å²) in [4.78, 5) is 15.6. The first-order valence-corrected chi connectivity index (χ1v) is 16.8. The van der Waals surface area contributed by atoms with Crippen molar-refractivity contribution in [2.45, 2.75) is 19.3 Å². The van der Waals surface area contributed by atoms with Crippen molar-refractivity contribution in [2.75, 3.05) is 0 Å². The second-order valence-electron chi connectivity index (χ2n) is 12.9. The second-order valence-corrected chi connectivity index (χ2v) is 13.9. The summed E-state index contributed by atoms with van der Waals surface area (Å²) >= 11 is 1.81. The maximum absolute atomic E-state index is 5.30. The summed E-state index contributed by atoms with van der Waals surface area (Å²) in [6.45, 7) is 4.68. The molecule has 47 heavy (non-hydrogen) atoms. The van der Waals surface area contributed by atoms with Crippen molar-refractivity contribution in [1.82, 2.24) is 19.5 Å². The van der Waals surface area contributed by atoms with Crippen molar-refractivity contribution >= 4 is 53.3 Å². The average Bonchev–Trinajstić information content (AvgIpc) is 3.74. The third kappa shape index (κ3) is 3.78. The lowest BCUT2D eigenvalue weighted by Crippen LogP contribution is -2.17. The number of para-hydroxylation sites is 1. The van der Waals surface area contributed by atoms with Gasteiger partial charge in [-0.2, -0.15) is 9.97 Å². The second kappa shape index (κ2) is 9.68. The van der Waals surface area contributed by atoms with Gasteiger partial charge < -0.3 is 0 Å². The van der Waals surface area contributed by atoms with Crippen molar-refractivity contribution in [3.8, 4) is 39.9 Å². The molecule has 0 fully saturated rings. The Bertz CT molecular complexity index is 2720. The minimum atomic E-state index is -0.206. The molecule has 0 radical (unpaired) electrons. The summed E-state index contributed by atoms with van der Waals surface area (Å²) in [7, 11) is 0. The van der Waals surface area contributed by atoms with Crippen LogP contribution in [0.5, 0.6) is 0 Å². The highest BCUT2D eigenvalue weighted by Gasteiger charge is 2.38. The fourth-order valence-corrected chi connectivity index (χ4v) is 8.84. The largest absolute Gasteiger partial charge is 0.277 e. The van der Waals surface area contributed by atoms with Crippen molar-refractivity contribution in [3.63, 3.8) is 0 Å². The first-order valence-electron chi connectivity index (χ1n) is 16.0. The van der Waals surface area contributed by atoms with E-state index < -0.39 is 0 Å². The summed E-state index contributed by atoms with van der Waals surface area (Å²) < 4.78 is 4.79. The van der Waals surface area contributed by atoms with Gasteiger partial charge in [-0.15, -0.1) is 11.3 Å². The van der Waals surface area contributed by atoms with Crippen molar-refractivity contribution in [1.29, 1.82) is 0 Å². The molecule has 1 aliphatic carbocycles. The molecule has 10 rings (SSSR count). The highest BCUT2D eigenvalue weighted by molar-refractivity contribution is 7.25. The standard InChI is InChI=1S/C42H28N4S/c1-42(2)33-17-9-6-14-27(33)31-22-23-32-28-15-7-10-18-34(28)46(38(32)37(31)42)41-44-39(25-12-4-3-5-13-25)43-40(45-41)26-20-21-30-29-16-8-11-19-35(29)47-36(30)24-26/h3-24H,1-2H3. The normalized spacial score (nSPS) is 13.5. The molecule has 3 heterocycles. The van der Waals surface area contributed by atoms with Crippen molar-refractivity contribution in [2.24, 2.45) is 0 Å². The van der Waals surface area contributed by atoms with Crippen LogP contribution in [-0.4, -0.2) is 19.5 Å². The van der Waals surface area contributed by atoms with E-state index in [2.05, 4.69) is 134 Å². The van der Waals surface area contributed by atoms with E-state index in [9.17, 15) is 0 Å². The van der Waals surface area contributed by atoms with Crippen LogP contribution < -0.4 is 0 Å².